The molecule has 30 heavy (non-hydrogen) atoms. The number of aryl methyl sites for hydroxylation is 1. The third kappa shape index (κ3) is 6.21. The molecule has 0 bridgehead atoms. The van der Waals surface area contributed by atoms with E-state index in [0.717, 1.165) is 21.7 Å². The lowest BCUT2D eigenvalue weighted by molar-refractivity contribution is -0.139. The van der Waals surface area contributed by atoms with E-state index >= 15 is 0 Å². The SMILES string of the molecule is CNC(=O)[C@@H](C)N(Cc1ccc(C)cc1)C(=O)CN(c1ccc(Cl)cc1)S(C)(=O)=O. The van der Waals surface area contributed by atoms with Gasteiger partial charge in [-0.1, -0.05) is 41.4 Å². The van der Waals surface area contributed by atoms with E-state index in [9.17, 15) is 18.0 Å². The van der Waals surface area contributed by atoms with Crippen LogP contribution in [0.5, 0.6) is 0 Å². The van der Waals surface area contributed by atoms with Crippen molar-refractivity contribution in [2.45, 2.75) is 26.4 Å². The van der Waals surface area contributed by atoms with Gasteiger partial charge in [-0.15, -0.1) is 0 Å². The number of benzene rings is 2. The molecule has 0 heterocycles. The van der Waals surface area contributed by atoms with E-state index in [1.165, 1.54) is 24.1 Å². The summed E-state index contributed by atoms with van der Waals surface area (Å²) in [5.41, 5.74) is 2.22. The summed E-state index contributed by atoms with van der Waals surface area (Å²) in [5, 5.41) is 2.99. The summed E-state index contributed by atoms with van der Waals surface area (Å²) >= 11 is 5.89. The van der Waals surface area contributed by atoms with Crippen LogP contribution in [0.1, 0.15) is 18.1 Å². The van der Waals surface area contributed by atoms with Gasteiger partial charge in [-0.25, -0.2) is 8.42 Å². The highest BCUT2D eigenvalue weighted by atomic mass is 35.5. The normalized spacial score (nSPS) is 12.2. The van der Waals surface area contributed by atoms with Gasteiger partial charge in [0.1, 0.15) is 12.6 Å². The molecule has 2 amide bonds. The first-order chi connectivity index (χ1) is 14.0. The Bertz CT molecular complexity index is 992. The monoisotopic (exact) mass is 451 g/mol. The number of hydrogen-bond donors (Lipinski definition) is 1. The maximum atomic E-state index is 13.2. The quantitative estimate of drug-likeness (QED) is 0.668. The molecular formula is C21H26ClN3O4S. The third-order valence-electron chi connectivity index (χ3n) is 4.68. The predicted molar refractivity (Wildman–Crippen MR) is 119 cm³/mol. The summed E-state index contributed by atoms with van der Waals surface area (Å²) in [5.74, 6) is -0.833. The number of amides is 2. The number of carbonyl (C=O) groups excluding carboxylic acids is 2. The first kappa shape index (κ1) is 23.7. The van der Waals surface area contributed by atoms with E-state index in [2.05, 4.69) is 5.32 Å². The molecule has 0 aliphatic rings. The van der Waals surface area contributed by atoms with Crippen LogP contribution in [-0.4, -0.2) is 51.0 Å². The van der Waals surface area contributed by atoms with Crippen molar-refractivity contribution in [1.29, 1.82) is 0 Å². The van der Waals surface area contributed by atoms with Gasteiger partial charge < -0.3 is 10.2 Å². The molecule has 1 atom stereocenters. The summed E-state index contributed by atoms with van der Waals surface area (Å²) in [6.07, 6.45) is 1.03. The Morgan fingerprint density at radius 1 is 1.07 bits per heavy atom. The Morgan fingerprint density at radius 3 is 2.13 bits per heavy atom. The third-order valence-corrected chi connectivity index (χ3v) is 6.07. The minimum absolute atomic E-state index is 0.173. The van der Waals surface area contributed by atoms with Crippen molar-refractivity contribution in [2.24, 2.45) is 0 Å². The number of carbonyl (C=O) groups is 2. The Balaban J connectivity index is 2.35. The molecule has 0 aliphatic heterocycles. The van der Waals surface area contributed by atoms with Crippen molar-refractivity contribution in [3.05, 3.63) is 64.7 Å². The zero-order valence-electron chi connectivity index (χ0n) is 17.4. The fourth-order valence-corrected chi connectivity index (χ4v) is 3.88. The molecule has 2 rings (SSSR count). The summed E-state index contributed by atoms with van der Waals surface area (Å²) in [4.78, 5) is 26.8. The minimum Gasteiger partial charge on any atom is -0.357 e. The highest BCUT2D eigenvalue weighted by Gasteiger charge is 2.29. The van der Waals surface area contributed by atoms with Crippen molar-refractivity contribution in [2.75, 3.05) is 24.2 Å². The second kappa shape index (κ2) is 9.95. The summed E-state index contributed by atoms with van der Waals surface area (Å²) in [6.45, 7) is 3.30. The molecule has 2 aromatic rings. The van der Waals surface area contributed by atoms with Crippen LogP contribution in [0.3, 0.4) is 0 Å². The fraction of sp³-hybridized carbons (Fsp3) is 0.333. The summed E-state index contributed by atoms with van der Waals surface area (Å²) < 4.78 is 25.8. The van der Waals surface area contributed by atoms with E-state index < -0.39 is 28.5 Å². The molecule has 0 fully saturated rings. The van der Waals surface area contributed by atoms with Gasteiger partial charge in [0.05, 0.1) is 11.9 Å². The van der Waals surface area contributed by atoms with Gasteiger partial charge in [-0.2, -0.15) is 0 Å². The molecule has 7 nitrogen and oxygen atoms in total. The number of sulfonamides is 1. The van der Waals surface area contributed by atoms with Crippen LogP contribution < -0.4 is 9.62 Å². The lowest BCUT2D eigenvalue weighted by atomic mass is 10.1. The maximum Gasteiger partial charge on any atom is 0.244 e. The van der Waals surface area contributed by atoms with Crippen LogP contribution in [0.4, 0.5) is 5.69 Å². The lowest BCUT2D eigenvalue weighted by Gasteiger charge is -2.31. The average molecular weight is 452 g/mol. The van der Waals surface area contributed by atoms with Gasteiger partial charge in [0.2, 0.25) is 21.8 Å². The number of anilines is 1. The van der Waals surface area contributed by atoms with Gasteiger partial charge >= 0.3 is 0 Å². The predicted octanol–water partition coefficient (Wildman–Crippen LogP) is 2.58. The molecule has 9 heteroatoms. The van der Waals surface area contributed by atoms with Crippen molar-refractivity contribution in [3.8, 4) is 0 Å². The van der Waals surface area contributed by atoms with Crippen molar-refractivity contribution in [1.82, 2.24) is 10.2 Å². The van der Waals surface area contributed by atoms with Crippen LogP contribution in [0, 0.1) is 6.92 Å². The van der Waals surface area contributed by atoms with E-state index in [4.69, 9.17) is 11.6 Å². The average Bonchev–Trinajstić information content (AvgIpc) is 2.70. The minimum atomic E-state index is -3.75. The Labute approximate surface area is 182 Å². The molecule has 162 valence electrons. The molecule has 0 saturated heterocycles. The van der Waals surface area contributed by atoms with Crippen LogP contribution >= 0.6 is 11.6 Å². The largest absolute Gasteiger partial charge is 0.357 e. The highest BCUT2D eigenvalue weighted by molar-refractivity contribution is 7.92. The fourth-order valence-electron chi connectivity index (χ4n) is 2.90. The Morgan fingerprint density at radius 2 is 1.63 bits per heavy atom. The summed E-state index contributed by atoms with van der Waals surface area (Å²) in [7, 11) is -2.26. The number of halogens is 1. The van der Waals surface area contributed by atoms with E-state index in [1.54, 1.807) is 19.1 Å². The van der Waals surface area contributed by atoms with Gasteiger partial charge in [-0.05, 0) is 43.7 Å². The van der Waals surface area contributed by atoms with E-state index in [1.807, 2.05) is 31.2 Å². The summed E-state index contributed by atoms with van der Waals surface area (Å²) in [6, 6.07) is 13.0. The molecule has 0 spiro atoms. The topological polar surface area (TPSA) is 86.8 Å². The van der Waals surface area contributed by atoms with Crippen molar-refractivity contribution < 1.29 is 18.0 Å². The van der Waals surface area contributed by atoms with Gasteiger partial charge in [-0.3, -0.25) is 13.9 Å². The second-order valence-corrected chi connectivity index (χ2v) is 9.39. The number of likely N-dealkylation sites (N-methyl/N-ethyl adjacent to an activating group) is 1. The van der Waals surface area contributed by atoms with Crippen LogP contribution in [0.25, 0.3) is 0 Å². The lowest BCUT2D eigenvalue weighted by Crippen LogP contribution is -2.50. The molecular weight excluding hydrogens is 426 g/mol. The Kier molecular flexibility index (Phi) is 7.86. The molecule has 0 unspecified atom stereocenters. The van der Waals surface area contributed by atoms with Crippen LogP contribution in [-0.2, 0) is 26.2 Å². The van der Waals surface area contributed by atoms with Crippen molar-refractivity contribution in [3.63, 3.8) is 0 Å². The second-order valence-electron chi connectivity index (χ2n) is 7.04. The zero-order valence-corrected chi connectivity index (χ0v) is 19.0. The van der Waals surface area contributed by atoms with Gasteiger partial charge in [0, 0.05) is 18.6 Å². The van der Waals surface area contributed by atoms with E-state index in [-0.39, 0.29) is 12.5 Å². The Hall–Kier alpha value is -2.58. The first-order valence-corrected chi connectivity index (χ1v) is 11.6. The van der Waals surface area contributed by atoms with Gasteiger partial charge in [0.25, 0.3) is 0 Å². The smallest absolute Gasteiger partial charge is 0.244 e. The number of rotatable bonds is 8. The van der Waals surface area contributed by atoms with Crippen LogP contribution in [0.15, 0.2) is 48.5 Å². The molecule has 0 radical (unpaired) electrons. The highest BCUT2D eigenvalue weighted by Crippen LogP contribution is 2.21. The molecule has 2 aromatic carbocycles. The molecule has 1 N–H and O–H groups in total. The number of nitrogens with zero attached hydrogens (tertiary/aromatic N) is 2. The number of nitrogens with one attached hydrogen (secondary N) is 1. The van der Waals surface area contributed by atoms with Crippen molar-refractivity contribution >= 4 is 39.1 Å². The van der Waals surface area contributed by atoms with Crippen LogP contribution in [0.2, 0.25) is 5.02 Å². The molecule has 0 saturated carbocycles. The van der Waals surface area contributed by atoms with Gasteiger partial charge in [0.15, 0.2) is 0 Å². The van der Waals surface area contributed by atoms with E-state index in [0.29, 0.717) is 10.7 Å². The standard InChI is InChI=1S/C21H26ClN3O4S/c1-15-5-7-17(8-6-15)13-24(16(2)21(27)23-3)20(26)14-25(30(4,28)29)19-11-9-18(22)10-12-19/h5-12,16H,13-14H2,1-4H3,(H,23,27)/t16-/m1/s1. The zero-order chi connectivity index (χ0) is 22.5. The molecule has 0 aromatic heterocycles. The number of hydrogen-bond acceptors (Lipinski definition) is 4. The maximum absolute atomic E-state index is 13.2. The molecule has 0 aliphatic carbocycles. The first-order valence-electron chi connectivity index (χ1n) is 9.33.